The van der Waals surface area contributed by atoms with Crippen LogP contribution >= 0.6 is 22.7 Å². The second-order valence-corrected chi connectivity index (χ2v) is 6.87. The first kappa shape index (κ1) is 14.0. The largest absolute Gasteiger partial charge is 0.321 e. The summed E-state index contributed by atoms with van der Waals surface area (Å²) in [7, 11) is 0. The molecule has 21 heavy (non-hydrogen) atoms. The van der Waals surface area contributed by atoms with Crippen LogP contribution in [0, 0.1) is 13.8 Å². The molecular weight excluding hydrogens is 300 g/mol. The van der Waals surface area contributed by atoms with Crippen molar-refractivity contribution in [1.82, 2.24) is 4.98 Å². The summed E-state index contributed by atoms with van der Waals surface area (Å²) in [5, 5.41) is 5.86. The van der Waals surface area contributed by atoms with E-state index in [1.54, 1.807) is 17.5 Å². The van der Waals surface area contributed by atoms with Crippen LogP contribution in [0.25, 0.3) is 10.6 Å². The van der Waals surface area contributed by atoms with Crippen LogP contribution in [0.5, 0.6) is 0 Å². The molecule has 106 valence electrons. The number of nitrogens with one attached hydrogen (secondary N) is 1. The zero-order chi connectivity index (χ0) is 14.8. The minimum Gasteiger partial charge on any atom is -0.321 e. The van der Waals surface area contributed by atoms with Crippen LogP contribution in [-0.2, 0) is 0 Å². The van der Waals surface area contributed by atoms with Crippen LogP contribution in [0.15, 0.2) is 41.9 Å². The lowest BCUT2D eigenvalue weighted by atomic mass is 10.2. The van der Waals surface area contributed by atoms with Crippen molar-refractivity contribution in [1.29, 1.82) is 0 Å². The van der Waals surface area contributed by atoms with Crippen molar-refractivity contribution in [2.75, 3.05) is 5.32 Å². The smallest absolute Gasteiger partial charge is 0.265 e. The predicted octanol–water partition coefficient (Wildman–Crippen LogP) is 4.74. The summed E-state index contributed by atoms with van der Waals surface area (Å²) in [6.07, 6.45) is 1.79. The number of hydrogen-bond donors (Lipinski definition) is 1. The molecule has 3 aromatic rings. The number of thiazole rings is 1. The van der Waals surface area contributed by atoms with Gasteiger partial charge in [0.25, 0.3) is 5.91 Å². The summed E-state index contributed by atoms with van der Waals surface area (Å²) >= 11 is 3.12. The van der Waals surface area contributed by atoms with E-state index in [0.717, 1.165) is 26.7 Å². The molecule has 0 radical (unpaired) electrons. The maximum atomic E-state index is 12.2. The van der Waals surface area contributed by atoms with E-state index in [1.165, 1.54) is 16.2 Å². The van der Waals surface area contributed by atoms with Gasteiger partial charge in [-0.15, -0.1) is 22.7 Å². The predicted molar refractivity (Wildman–Crippen MR) is 89.3 cm³/mol. The molecule has 0 unspecified atom stereocenters. The summed E-state index contributed by atoms with van der Waals surface area (Å²) in [6.45, 7) is 4.05. The number of aryl methyl sites for hydroxylation is 2. The molecule has 0 bridgehead atoms. The van der Waals surface area contributed by atoms with Crippen LogP contribution < -0.4 is 5.32 Å². The first-order chi connectivity index (χ1) is 10.1. The number of amides is 1. The van der Waals surface area contributed by atoms with Gasteiger partial charge in [-0.05, 0) is 49.7 Å². The summed E-state index contributed by atoms with van der Waals surface area (Å²) in [5.41, 5.74) is 3.01. The lowest BCUT2D eigenvalue weighted by molar-refractivity contribution is 0.103. The third kappa shape index (κ3) is 3.04. The van der Waals surface area contributed by atoms with E-state index in [-0.39, 0.29) is 5.91 Å². The lowest BCUT2D eigenvalue weighted by Crippen LogP contribution is -2.09. The fourth-order valence-corrected chi connectivity index (χ4v) is 3.51. The van der Waals surface area contributed by atoms with Gasteiger partial charge < -0.3 is 5.32 Å². The molecule has 1 aromatic carbocycles. The second kappa shape index (κ2) is 5.79. The standard InChI is InChI=1S/C16H14N2OS2/c1-10-9-14(21-11(10)2)15(19)18-13-5-3-12(4-6-13)16-17-7-8-20-16/h3-9H,1-2H3,(H,18,19). The van der Waals surface area contributed by atoms with E-state index < -0.39 is 0 Å². The maximum Gasteiger partial charge on any atom is 0.265 e. The van der Waals surface area contributed by atoms with Crippen molar-refractivity contribution in [2.45, 2.75) is 13.8 Å². The van der Waals surface area contributed by atoms with Gasteiger partial charge in [0.2, 0.25) is 0 Å². The highest BCUT2D eigenvalue weighted by Crippen LogP contribution is 2.25. The van der Waals surface area contributed by atoms with Crippen molar-refractivity contribution >= 4 is 34.3 Å². The van der Waals surface area contributed by atoms with Gasteiger partial charge in [-0.1, -0.05) is 0 Å². The Hall–Kier alpha value is -1.98. The second-order valence-electron chi connectivity index (χ2n) is 4.72. The zero-order valence-corrected chi connectivity index (χ0v) is 13.3. The monoisotopic (exact) mass is 314 g/mol. The van der Waals surface area contributed by atoms with Crippen molar-refractivity contribution < 1.29 is 4.79 Å². The molecule has 0 aliphatic heterocycles. The Morgan fingerprint density at radius 2 is 1.95 bits per heavy atom. The maximum absolute atomic E-state index is 12.2. The van der Waals surface area contributed by atoms with E-state index in [1.807, 2.05) is 49.6 Å². The summed E-state index contributed by atoms with van der Waals surface area (Å²) in [6, 6.07) is 9.68. The third-order valence-electron chi connectivity index (χ3n) is 3.21. The average molecular weight is 314 g/mol. The molecule has 1 N–H and O–H groups in total. The first-order valence-corrected chi connectivity index (χ1v) is 8.21. The topological polar surface area (TPSA) is 42.0 Å². The van der Waals surface area contributed by atoms with Crippen LogP contribution in [0.3, 0.4) is 0 Å². The summed E-state index contributed by atoms with van der Waals surface area (Å²) in [4.78, 5) is 18.4. The van der Waals surface area contributed by atoms with Gasteiger partial charge in [-0.3, -0.25) is 4.79 Å². The van der Waals surface area contributed by atoms with E-state index in [2.05, 4.69) is 10.3 Å². The van der Waals surface area contributed by atoms with Gasteiger partial charge in [-0.25, -0.2) is 4.98 Å². The number of hydrogen-bond acceptors (Lipinski definition) is 4. The Morgan fingerprint density at radius 1 is 1.19 bits per heavy atom. The molecule has 0 fully saturated rings. The van der Waals surface area contributed by atoms with Gasteiger partial charge in [0.15, 0.2) is 0 Å². The number of thiophene rings is 1. The van der Waals surface area contributed by atoms with Gasteiger partial charge in [-0.2, -0.15) is 0 Å². The van der Waals surface area contributed by atoms with Gasteiger partial charge >= 0.3 is 0 Å². The molecule has 0 saturated carbocycles. The van der Waals surface area contributed by atoms with Crippen LogP contribution in [0.2, 0.25) is 0 Å². The molecule has 0 saturated heterocycles. The van der Waals surface area contributed by atoms with Crippen molar-refractivity contribution in [3.05, 3.63) is 57.2 Å². The molecular formula is C16H14N2OS2. The molecule has 0 aliphatic rings. The summed E-state index contributed by atoms with van der Waals surface area (Å²) < 4.78 is 0. The number of nitrogens with zero attached hydrogens (tertiary/aromatic N) is 1. The zero-order valence-electron chi connectivity index (χ0n) is 11.7. The van der Waals surface area contributed by atoms with E-state index in [4.69, 9.17) is 0 Å². The lowest BCUT2D eigenvalue weighted by Gasteiger charge is -2.04. The van der Waals surface area contributed by atoms with Crippen molar-refractivity contribution in [2.24, 2.45) is 0 Å². The Balaban J connectivity index is 1.74. The van der Waals surface area contributed by atoms with Gasteiger partial charge in [0, 0.05) is 27.7 Å². The first-order valence-electron chi connectivity index (χ1n) is 6.52. The normalized spacial score (nSPS) is 10.6. The van der Waals surface area contributed by atoms with Crippen LogP contribution in [0.1, 0.15) is 20.1 Å². The number of rotatable bonds is 3. The number of benzene rings is 1. The molecule has 1 amide bonds. The Morgan fingerprint density at radius 3 is 2.52 bits per heavy atom. The molecule has 2 heterocycles. The number of carbonyl (C=O) groups is 1. The number of aromatic nitrogens is 1. The van der Waals surface area contributed by atoms with E-state index in [0.29, 0.717) is 0 Å². The Labute approximate surface area is 131 Å². The molecule has 0 atom stereocenters. The van der Waals surface area contributed by atoms with Crippen LogP contribution in [-0.4, -0.2) is 10.9 Å². The van der Waals surface area contributed by atoms with Gasteiger partial charge in [0.05, 0.1) is 4.88 Å². The minimum atomic E-state index is -0.0572. The fourth-order valence-electron chi connectivity index (χ4n) is 1.94. The van der Waals surface area contributed by atoms with E-state index >= 15 is 0 Å². The van der Waals surface area contributed by atoms with Gasteiger partial charge in [0.1, 0.15) is 5.01 Å². The van der Waals surface area contributed by atoms with Crippen molar-refractivity contribution in [3.8, 4) is 10.6 Å². The molecule has 0 spiro atoms. The third-order valence-corrected chi connectivity index (χ3v) is 5.19. The summed E-state index contributed by atoms with van der Waals surface area (Å²) in [5.74, 6) is -0.0572. The molecule has 5 heteroatoms. The number of carbonyl (C=O) groups excluding carboxylic acids is 1. The molecule has 2 aromatic heterocycles. The molecule has 0 aliphatic carbocycles. The number of anilines is 1. The Bertz CT molecular complexity index is 739. The minimum absolute atomic E-state index is 0.0572. The average Bonchev–Trinajstić information content (AvgIpc) is 3.11. The highest BCUT2D eigenvalue weighted by Gasteiger charge is 2.10. The SMILES string of the molecule is Cc1cc(C(=O)Nc2ccc(-c3nccs3)cc2)sc1C. The highest BCUT2D eigenvalue weighted by atomic mass is 32.1. The highest BCUT2D eigenvalue weighted by molar-refractivity contribution is 7.14. The van der Waals surface area contributed by atoms with Crippen molar-refractivity contribution in [3.63, 3.8) is 0 Å². The van der Waals surface area contributed by atoms with E-state index in [9.17, 15) is 4.79 Å². The quantitative estimate of drug-likeness (QED) is 0.758. The Kier molecular flexibility index (Phi) is 3.86. The van der Waals surface area contributed by atoms with Crippen LogP contribution in [0.4, 0.5) is 5.69 Å². The molecule has 3 nitrogen and oxygen atoms in total. The fraction of sp³-hybridized carbons (Fsp3) is 0.125. The molecule has 3 rings (SSSR count).